The molecule has 0 aliphatic heterocycles. The zero-order valence-electron chi connectivity index (χ0n) is 14.2. The first kappa shape index (κ1) is 17.1. The Labute approximate surface area is 151 Å². The van der Waals surface area contributed by atoms with Crippen LogP contribution in [0.4, 0.5) is 11.6 Å². The van der Waals surface area contributed by atoms with Crippen LogP contribution in [0, 0.1) is 18.3 Å². The molecule has 0 radical (unpaired) electrons. The highest BCUT2D eigenvalue weighted by atomic mass is 16.1. The maximum atomic E-state index is 12.4. The third kappa shape index (κ3) is 4.42. The molecule has 6 nitrogen and oxygen atoms in total. The number of hydrogen-bond acceptors (Lipinski definition) is 5. The predicted octanol–water partition coefficient (Wildman–Crippen LogP) is 3.33. The van der Waals surface area contributed by atoms with Gasteiger partial charge in [-0.05, 0) is 42.8 Å². The van der Waals surface area contributed by atoms with Crippen molar-refractivity contribution in [1.29, 1.82) is 5.26 Å². The van der Waals surface area contributed by atoms with Gasteiger partial charge in [-0.1, -0.05) is 30.3 Å². The van der Waals surface area contributed by atoms with E-state index in [0.29, 0.717) is 29.4 Å². The van der Waals surface area contributed by atoms with Crippen LogP contribution in [-0.4, -0.2) is 15.9 Å². The summed E-state index contributed by atoms with van der Waals surface area (Å²) in [6, 6.07) is 20.3. The molecule has 0 fully saturated rings. The second-order valence-electron chi connectivity index (χ2n) is 5.70. The van der Waals surface area contributed by atoms with Crippen molar-refractivity contribution in [3.8, 4) is 6.07 Å². The number of amides is 1. The fourth-order valence-corrected chi connectivity index (χ4v) is 2.37. The van der Waals surface area contributed by atoms with E-state index in [-0.39, 0.29) is 5.91 Å². The van der Waals surface area contributed by atoms with Crippen molar-refractivity contribution < 1.29 is 4.79 Å². The summed E-state index contributed by atoms with van der Waals surface area (Å²) in [5, 5.41) is 14.8. The van der Waals surface area contributed by atoms with Gasteiger partial charge in [-0.15, -0.1) is 0 Å². The molecule has 1 amide bonds. The second kappa shape index (κ2) is 7.90. The zero-order valence-corrected chi connectivity index (χ0v) is 14.2. The summed E-state index contributed by atoms with van der Waals surface area (Å²) in [6.07, 6.45) is 0. The van der Waals surface area contributed by atoms with Crippen LogP contribution < -0.4 is 10.6 Å². The van der Waals surface area contributed by atoms with Gasteiger partial charge in [0, 0.05) is 17.9 Å². The molecular weight excluding hydrogens is 326 g/mol. The Morgan fingerprint density at radius 3 is 2.50 bits per heavy atom. The summed E-state index contributed by atoms with van der Waals surface area (Å²) in [6.45, 7) is 2.24. The van der Waals surface area contributed by atoms with E-state index in [1.165, 1.54) is 0 Å². The SMILES string of the molecule is Cc1cc(C(=O)NCc2ccccc2)nc(Nc2ccc(C#N)cc2)n1. The van der Waals surface area contributed by atoms with Crippen LogP contribution in [0.5, 0.6) is 0 Å². The molecule has 3 aromatic rings. The minimum atomic E-state index is -0.262. The predicted molar refractivity (Wildman–Crippen MR) is 98.8 cm³/mol. The third-order valence-corrected chi connectivity index (χ3v) is 3.65. The fraction of sp³-hybridized carbons (Fsp3) is 0.100. The van der Waals surface area contributed by atoms with Crippen LogP contribution in [0.25, 0.3) is 0 Å². The van der Waals surface area contributed by atoms with Crippen molar-refractivity contribution in [2.45, 2.75) is 13.5 Å². The lowest BCUT2D eigenvalue weighted by Gasteiger charge is -2.09. The van der Waals surface area contributed by atoms with Crippen LogP contribution in [-0.2, 0) is 6.54 Å². The molecule has 0 aliphatic carbocycles. The number of anilines is 2. The van der Waals surface area contributed by atoms with Crippen LogP contribution in [0.2, 0.25) is 0 Å². The highest BCUT2D eigenvalue weighted by Gasteiger charge is 2.10. The molecular formula is C20H17N5O. The van der Waals surface area contributed by atoms with Gasteiger partial charge in [-0.3, -0.25) is 4.79 Å². The Morgan fingerprint density at radius 2 is 1.81 bits per heavy atom. The number of carbonyl (C=O) groups is 1. The molecule has 2 aromatic carbocycles. The van der Waals surface area contributed by atoms with Crippen LogP contribution >= 0.6 is 0 Å². The van der Waals surface area contributed by atoms with Crippen molar-refractivity contribution in [2.75, 3.05) is 5.32 Å². The molecule has 128 valence electrons. The van der Waals surface area contributed by atoms with Crippen LogP contribution in [0.15, 0.2) is 60.7 Å². The van der Waals surface area contributed by atoms with Gasteiger partial charge < -0.3 is 10.6 Å². The van der Waals surface area contributed by atoms with E-state index in [1.807, 2.05) is 30.3 Å². The molecule has 0 aliphatic rings. The standard InChI is InChI=1S/C20H17N5O/c1-14-11-18(19(26)22-13-16-5-3-2-4-6-16)25-20(23-14)24-17-9-7-15(12-21)8-10-17/h2-11H,13H2,1H3,(H,22,26)(H,23,24,25). The van der Waals surface area contributed by atoms with E-state index in [0.717, 1.165) is 11.3 Å². The monoisotopic (exact) mass is 343 g/mol. The summed E-state index contributed by atoms with van der Waals surface area (Å²) >= 11 is 0. The zero-order chi connectivity index (χ0) is 18.4. The smallest absolute Gasteiger partial charge is 0.270 e. The number of rotatable bonds is 5. The molecule has 1 heterocycles. The number of nitriles is 1. The maximum Gasteiger partial charge on any atom is 0.270 e. The Morgan fingerprint density at radius 1 is 1.08 bits per heavy atom. The van der Waals surface area contributed by atoms with E-state index in [4.69, 9.17) is 5.26 Å². The molecule has 0 saturated carbocycles. The molecule has 0 atom stereocenters. The van der Waals surface area contributed by atoms with Gasteiger partial charge in [0.2, 0.25) is 5.95 Å². The van der Waals surface area contributed by atoms with Gasteiger partial charge in [0.25, 0.3) is 5.91 Å². The molecule has 6 heteroatoms. The Balaban J connectivity index is 1.72. The minimum Gasteiger partial charge on any atom is -0.347 e. The topological polar surface area (TPSA) is 90.7 Å². The summed E-state index contributed by atoms with van der Waals surface area (Å²) < 4.78 is 0. The van der Waals surface area contributed by atoms with E-state index >= 15 is 0 Å². The van der Waals surface area contributed by atoms with Crippen LogP contribution in [0.3, 0.4) is 0 Å². The Hall–Kier alpha value is -3.72. The van der Waals surface area contributed by atoms with Crippen molar-refractivity contribution in [2.24, 2.45) is 0 Å². The largest absolute Gasteiger partial charge is 0.347 e. The van der Waals surface area contributed by atoms with E-state index in [9.17, 15) is 4.79 Å². The number of carbonyl (C=O) groups excluding carboxylic acids is 1. The van der Waals surface area contributed by atoms with E-state index in [2.05, 4.69) is 26.7 Å². The lowest BCUT2D eigenvalue weighted by molar-refractivity contribution is 0.0945. The summed E-state index contributed by atoms with van der Waals surface area (Å²) in [5.41, 5.74) is 3.31. The highest BCUT2D eigenvalue weighted by molar-refractivity contribution is 5.92. The average molecular weight is 343 g/mol. The van der Waals surface area contributed by atoms with Crippen molar-refractivity contribution in [3.63, 3.8) is 0 Å². The molecule has 0 unspecified atom stereocenters. The summed E-state index contributed by atoms with van der Waals surface area (Å²) in [7, 11) is 0. The number of aromatic nitrogens is 2. The number of benzene rings is 2. The van der Waals surface area contributed by atoms with Gasteiger partial charge >= 0.3 is 0 Å². The number of hydrogen-bond donors (Lipinski definition) is 2. The van der Waals surface area contributed by atoms with E-state index < -0.39 is 0 Å². The molecule has 0 saturated heterocycles. The maximum absolute atomic E-state index is 12.4. The van der Waals surface area contributed by atoms with Crippen molar-refractivity contribution in [1.82, 2.24) is 15.3 Å². The second-order valence-corrected chi connectivity index (χ2v) is 5.70. The first-order valence-corrected chi connectivity index (χ1v) is 8.09. The van der Waals surface area contributed by atoms with E-state index in [1.54, 1.807) is 37.3 Å². The van der Waals surface area contributed by atoms with Gasteiger partial charge in [0.05, 0.1) is 11.6 Å². The quantitative estimate of drug-likeness (QED) is 0.741. The minimum absolute atomic E-state index is 0.262. The molecule has 2 N–H and O–H groups in total. The summed E-state index contributed by atoms with van der Waals surface area (Å²) in [4.78, 5) is 21.0. The van der Waals surface area contributed by atoms with Crippen molar-refractivity contribution >= 4 is 17.5 Å². The number of nitrogens with zero attached hydrogens (tertiary/aromatic N) is 3. The number of aryl methyl sites for hydroxylation is 1. The Bertz CT molecular complexity index is 946. The number of nitrogens with one attached hydrogen (secondary N) is 2. The molecule has 0 spiro atoms. The normalized spacial score (nSPS) is 10.0. The van der Waals surface area contributed by atoms with Crippen molar-refractivity contribution in [3.05, 3.63) is 83.2 Å². The van der Waals surface area contributed by atoms with Gasteiger partial charge in [0.1, 0.15) is 5.69 Å². The lowest BCUT2D eigenvalue weighted by atomic mass is 10.2. The van der Waals surface area contributed by atoms with Gasteiger partial charge in [-0.25, -0.2) is 9.97 Å². The molecule has 26 heavy (non-hydrogen) atoms. The Kier molecular flexibility index (Phi) is 5.20. The fourth-order valence-electron chi connectivity index (χ4n) is 2.37. The molecule has 1 aromatic heterocycles. The van der Waals surface area contributed by atoms with Crippen LogP contribution in [0.1, 0.15) is 27.3 Å². The summed E-state index contributed by atoms with van der Waals surface area (Å²) in [5.74, 6) is 0.0711. The first-order valence-electron chi connectivity index (χ1n) is 8.09. The first-order chi connectivity index (χ1) is 12.6. The third-order valence-electron chi connectivity index (χ3n) is 3.65. The molecule has 0 bridgehead atoms. The molecule has 3 rings (SSSR count). The highest BCUT2D eigenvalue weighted by Crippen LogP contribution is 2.15. The van der Waals surface area contributed by atoms with Gasteiger partial charge in [0.15, 0.2) is 0 Å². The lowest BCUT2D eigenvalue weighted by Crippen LogP contribution is -2.24. The average Bonchev–Trinajstić information content (AvgIpc) is 2.67. The van der Waals surface area contributed by atoms with Gasteiger partial charge in [-0.2, -0.15) is 5.26 Å².